The van der Waals surface area contributed by atoms with Crippen molar-refractivity contribution in [3.05, 3.63) is 41.6 Å². The number of aromatic nitrogens is 4. The lowest BCUT2D eigenvalue weighted by atomic mass is 9.86. The summed E-state index contributed by atoms with van der Waals surface area (Å²) < 4.78 is 13.4. The second-order valence-electron chi connectivity index (χ2n) is 8.03. The van der Waals surface area contributed by atoms with Crippen LogP contribution in [0.1, 0.15) is 25.7 Å². The molecule has 0 unspecified atom stereocenters. The van der Waals surface area contributed by atoms with Gasteiger partial charge in [-0.25, -0.2) is 24.3 Å². The summed E-state index contributed by atoms with van der Waals surface area (Å²) in [5.74, 6) is 1.36. The third kappa shape index (κ3) is 4.94. The molecule has 4 rings (SSSR count). The minimum Gasteiger partial charge on any atom is -0.351 e. The maximum atomic E-state index is 13.4. The quantitative estimate of drug-likeness (QED) is 0.597. The molecular weight excluding hydrogens is 405 g/mol. The van der Waals surface area contributed by atoms with Gasteiger partial charge in [-0.3, -0.25) is 0 Å². The number of anilines is 3. The fourth-order valence-electron chi connectivity index (χ4n) is 3.91. The largest absolute Gasteiger partial charge is 0.351 e. The first-order valence-electron chi connectivity index (χ1n) is 10.1. The van der Waals surface area contributed by atoms with E-state index in [2.05, 4.69) is 49.6 Å². The SMILES string of the molecule is CN(C)CC1CCC(Nc2ncc3ncnc(Nc4ccc(F)c(Cl)c4)c3n2)CC1. The molecule has 0 spiro atoms. The molecule has 0 atom stereocenters. The van der Waals surface area contributed by atoms with E-state index in [-0.39, 0.29) is 5.02 Å². The van der Waals surface area contributed by atoms with E-state index in [1.165, 1.54) is 31.3 Å². The molecule has 1 saturated carbocycles. The van der Waals surface area contributed by atoms with E-state index >= 15 is 0 Å². The van der Waals surface area contributed by atoms with Crippen molar-refractivity contribution in [2.45, 2.75) is 31.7 Å². The highest BCUT2D eigenvalue weighted by atomic mass is 35.5. The lowest BCUT2D eigenvalue weighted by molar-refractivity contribution is 0.255. The van der Waals surface area contributed by atoms with E-state index in [9.17, 15) is 4.39 Å². The first kappa shape index (κ1) is 20.7. The zero-order valence-corrected chi connectivity index (χ0v) is 17.8. The Labute approximate surface area is 180 Å². The number of halogens is 2. The van der Waals surface area contributed by atoms with Crippen molar-refractivity contribution < 1.29 is 4.39 Å². The number of nitrogens with zero attached hydrogens (tertiary/aromatic N) is 5. The summed E-state index contributed by atoms with van der Waals surface area (Å²) in [6, 6.07) is 4.78. The van der Waals surface area contributed by atoms with Crippen LogP contribution in [0.2, 0.25) is 5.02 Å². The third-order valence-corrected chi connectivity index (χ3v) is 5.65. The highest BCUT2D eigenvalue weighted by Crippen LogP contribution is 2.28. The van der Waals surface area contributed by atoms with Gasteiger partial charge in [0.05, 0.1) is 11.2 Å². The predicted molar refractivity (Wildman–Crippen MR) is 118 cm³/mol. The first-order chi connectivity index (χ1) is 14.5. The van der Waals surface area contributed by atoms with Crippen molar-refractivity contribution in [1.82, 2.24) is 24.8 Å². The van der Waals surface area contributed by atoms with Gasteiger partial charge in [0.2, 0.25) is 5.95 Å². The molecule has 0 amide bonds. The van der Waals surface area contributed by atoms with E-state index in [1.54, 1.807) is 12.3 Å². The summed E-state index contributed by atoms with van der Waals surface area (Å²) in [7, 11) is 4.25. The van der Waals surface area contributed by atoms with Gasteiger partial charge in [-0.05, 0) is 63.9 Å². The van der Waals surface area contributed by atoms with E-state index in [4.69, 9.17) is 11.6 Å². The second-order valence-corrected chi connectivity index (χ2v) is 8.44. The van der Waals surface area contributed by atoms with Gasteiger partial charge in [-0.15, -0.1) is 0 Å². The predicted octanol–water partition coefficient (Wildman–Crippen LogP) is 4.49. The van der Waals surface area contributed by atoms with Gasteiger partial charge in [-0.1, -0.05) is 11.6 Å². The van der Waals surface area contributed by atoms with Crippen molar-refractivity contribution in [3.8, 4) is 0 Å². The van der Waals surface area contributed by atoms with Gasteiger partial charge in [0.25, 0.3) is 0 Å². The number of hydrogen-bond acceptors (Lipinski definition) is 7. The average Bonchev–Trinajstić information content (AvgIpc) is 2.72. The van der Waals surface area contributed by atoms with Gasteiger partial charge < -0.3 is 15.5 Å². The maximum absolute atomic E-state index is 13.4. The molecule has 0 radical (unpaired) electrons. The van der Waals surface area contributed by atoms with Crippen molar-refractivity contribution in [1.29, 1.82) is 0 Å². The monoisotopic (exact) mass is 429 g/mol. The van der Waals surface area contributed by atoms with Crippen LogP contribution in [-0.2, 0) is 0 Å². The third-order valence-electron chi connectivity index (χ3n) is 5.36. The number of nitrogens with one attached hydrogen (secondary N) is 2. The molecule has 30 heavy (non-hydrogen) atoms. The minimum atomic E-state index is -0.469. The van der Waals surface area contributed by atoms with Crippen molar-refractivity contribution in [2.75, 3.05) is 31.3 Å². The van der Waals surface area contributed by atoms with Gasteiger partial charge in [0.15, 0.2) is 5.82 Å². The van der Waals surface area contributed by atoms with E-state index < -0.39 is 5.82 Å². The highest BCUT2D eigenvalue weighted by Gasteiger charge is 2.22. The molecule has 2 N–H and O–H groups in total. The fourth-order valence-corrected chi connectivity index (χ4v) is 4.09. The molecule has 1 fully saturated rings. The van der Waals surface area contributed by atoms with Crippen LogP contribution in [0, 0.1) is 11.7 Å². The summed E-state index contributed by atoms with van der Waals surface area (Å²) in [4.78, 5) is 19.9. The van der Waals surface area contributed by atoms with Gasteiger partial charge in [0.1, 0.15) is 23.2 Å². The molecular formula is C21H25ClFN7. The van der Waals surface area contributed by atoms with Crippen LogP contribution in [0.4, 0.5) is 21.8 Å². The molecule has 2 aromatic heterocycles. The summed E-state index contributed by atoms with van der Waals surface area (Å²) in [5.41, 5.74) is 1.84. The Hall–Kier alpha value is -2.58. The molecule has 7 nitrogen and oxygen atoms in total. The molecule has 158 valence electrons. The number of benzene rings is 1. The normalized spacial score (nSPS) is 19.2. The molecule has 0 aliphatic heterocycles. The Balaban J connectivity index is 1.49. The molecule has 1 aliphatic rings. The fraction of sp³-hybridized carbons (Fsp3) is 0.429. The molecule has 1 aliphatic carbocycles. The Morgan fingerprint density at radius 1 is 1.13 bits per heavy atom. The van der Waals surface area contributed by atoms with Gasteiger partial charge in [0, 0.05) is 18.3 Å². The number of fused-ring (bicyclic) bond motifs is 1. The Morgan fingerprint density at radius 2 is 1.93 bits per heavy atom. The summed E-state index contributed by atoms with van der Waals surface area (Å²) >= 11 is 5.88. The van der Waals surface area contributed by atoms with Crippen molar-refractivity contribution in [2.24, 2.45) is 5.92 Å². The van der Waals surface area contributed by atoms with E-state index in [1.807, 2.05) is 0 Å². The molecule has 0 saturated heterocycles. The second kappa shape index (κ2) is 9.06. The molecule has 0 bridgehead atoms. The van der Waals surface area contributed by atoms with Gasteiger partial charge >= 0.3 is 0 Å². The zero-order chi connectivity index (χ0) is 21.1. The van der Waals surface area contributed by atoms with E-state index in [0.29, 0.717) is 34.5 Å². The minimum absolute atomic E-state index is 0.0419. The van der Waals surface area contributed by atoms with Gasteiger partial charge in [-0.2, -0.15) is 0 Å². The van der Waals surface area contributed by atoms with Crippen LogP contribution in [0.15, 0.2) is 30.7 Å². The zero-order valence-electron chi connectivity index (χ0n) is 17.1. The molecule has 3 aromatic rings. The Morgan fingerprint density at radius 3 is 2.67 bits per heavy atom. The standard InChI is InChI=1S/C21H25ClFN7/c1-30(2)11-13-3-5-14(6-4-13)28-21-24-10-18-19(29-21)20(26-12-25-18)27-15-7-8-17(23)16(22)9-15/h7-10,12-14H,3-6,11H2,1-2H3,(H,24,28,29)(H,25,26,27). The topological polar surface area (TPSA) is 78.9 Å². The van der Waals surface area contributed by atoms with Crippen LogP contribution in [-0.4, -0.2) is 51.5 Å². The smallest absolute Gasteiger partial charge is 0.223 e. The number of hydrogen-bond donors (Lipinski definition) is 2. The Kier molecular flexibility index (Phi) is 6.24. The first-order valence-corrected chi connectivity index (χ1v) is 10.5. The number of rotatable bonds is 6. The van der Waals surface area contributed by atoms with E-state index in [0.717, 1.165) is 25.3 Å². The average molecular weight is 430 g/mol. The summed E-state index contributed by atoms with van der Waals surface area (Å²) in [5, 5.41) is 6.65. The highest BCUT2D eigenvalue weighted by molar-refractivity contribution is 6.31. The maximum Gasteiger partial charge on any atom is 0.223 e. The van der Waals surface area contributed by atoms with Crippen LogP contribution in [0.25, 0.3) is 11.0 Å². The Bertz CT molecular complexity index is 1020. The van der Waals surface area contributed by atoms with Crippen LogP contribution in [0.5, 0.6) is 0 Å². The lowest BCUT2D eigenvalue weighted by Gasteiger charge is -2.30. The van der Waals surface area contributed by atoms with Crippen molar-refractivity contribution in [3.63, 3.8) is 0 Å². The van der Waals surface area contributed by atoms with Crippen LogP contribution >= 0.6 is 11.6 Å². The van der Waals surface area contributed by atoms with Crippen LogP contribution in [0.3, 0.4) is 0 Å². The molecule has 2 heterocycles. The van der Waals surface area contributed by atoms with Crippen LogP contribution < -0.4 is 10.6 Å². The molecule has 9 heteroatoms. The van der Waals surface area contributed by atoms with Crippen molar-refractivity contribution >= 4 is 40.1 Å². The lowest BCUT2D eigenvalue weighted by Crippen LogP contribution is -2.31. The molecule has 1 aromatic carbocycles. The summed E-state index contributed by atoms with van der Waals surface area (Å²) in [6.45, 7) is 1.14. The summed E-state index contributed by atoms with van der Waals surface area (Å²) in [6.07, 6.45) is 7.73.